The van der Waals surface area contributed by atoms with Crippen molar-refractivity contribution >= 4 is 29.7 Å². The first kappa shape index (κ1) is 38.3. The van der Waals surface area contributed by atoms with E-state index < -0.39 is 36.2 Å². The van der Waals surface area contributed by atoms with E-state index >= 15 is 0 Å². The average Bonchev–Trinajstić information content (AvgIpc) is 2.92. The maximum absolute atomic E-state index is 12.2. The lowest BCUT2D eigenvalue weighted by Gasteiger charge is -2.21. The van der Waals surface area contributed by atoms with E-state index in [1.54, 1.807) is 0 Å². The quantitative estimate of drug-likeness (QED) is 0.0557. The monoisotopic (exact) mass is 587 g/mol. The molecular formula is C29H53N3O9. The molecule has 2 atom stereocenters. The number of aliphatic carboxylic acids is 2. The minimum atomic E-state index is -1.86. The van der Waals surface area contributed by atoms with Crippen molar-refractivity contribution in [2.45, 2.75) is 147 Å². The predicted octanol–water partition coefficient (Wildman–Crippen LogP) is 2.98. The molecule has 0 aromatic carbocycles. The number of carbonyl (C=O) groups is 5. The van der Waals surface area contributed by atoms with Gasteiger partial charge >= 0.3 is 11.9 Å². The molecule has 0 bridgehead atoms. The van der Waals surface area contributed by atoms with Gasteiger partial charge < -0.3 is 36.4 Å². The van der Waals surface area contributed by atoms with E-state index in [4.69, 9.17) is 5.11 Å². The molecule has 2 unspecified atom stereocenters. The van der Waals surface area contributed by atoms with Crippen LogP contribution in [0, 0.1) is 0 Å². The van der Waals surface area contributed by atoms with Crippen molar-refractivity contribution in [2.75, 3.05) is 7.05 Å². The van der Waals surface area contributed by atoms with Crippen LogP contribution in [0.1, 0.15) is 128 Å². The van der Waals surface area contributed by atoms with Gasteiger partial charge in [0.25, 0.3) is 0 Å². The normalized spacial score (nSPS) is 12.5. The SMILES string of the molecule is CNC(=O)CCC(NC(=O)CCC(NC(=O)CCCCCCCCCCCCCCCCC(=O)O)C(O)O)C(=O)O. The van der Waals surface area contributed by atoms with Gasteiger partial charge in [-0.15, -0.1) is 0 Å². The lowest BCUT2D eigenvalue weighted by atomic mass is 10.0. The lowest BCUT2D eigenvalue weighted by molar-refractivity contribution is -0.142. The van der Waals surface area contributed by atoms with Crippen molar-refractivity contribution in [2.24, 2.45) is 0 Å². The van der Waals surface area contributed by atoms with Crippen LogP contribution < -0.4 is 16.0 Å². The summed E-state index contributed by atoms with van der Waals surface area (Å²) in [6.45, 7) is 0. The van der Waals surface area contributed by atoms with E-state index in [2.05, 4.69) is 16.0 Å². The summed E-state index contributed by atoms with van der Waals surface area (Å²) in [6.07, 6.45) is 13.2. The Bertz CT molecular complexity index is 762. The number of carboxylic acid groups (broad SMARTS) is 2. The first-order valence-electron chi connectivity index (χ1n) is 15.2. The van der Waals surface area contributed by atoms with Gasteiger partial charge in [0.2, 0.25) is 17.7 Å². The number of rotatable bonds is 27. The first-order valence-corrected chi connectivity index (χ1v) is 15.2. The fourth-order valence-electron chi connectivity index (χ4n) is 4.47. The van der Waals surface area contributed by atoms with Crippen molar-refractivity contribution in [1.82, 2.24) is 16.0 Å². The standard InChI is InChI=1S/C29H53N3O9/c1-30-24(33)20-18-22(28(38)39)32-26(35)21-19-23(29(40)41)31-25(34)16-14-12-10-8-6-4-2-3-5-7-9-11-13-15-17-27(36)37/h22-23,29,40-41H,2-21H2,1H3,(H,30,33)(H,31,34)(H,32,35)(H,36,37)(H,38,39). The molecule has 12 heteroatoms. The van der Waals surface area contributed by atoms with Gasteiger partial charge in [0.15, 0.2) is 6.29 Å². The maximum Gasteiger partial charge on any atom is 0.326 e. The number of hydrogen-bond acceptors (Lipinski definition) is 7. The number of carbonyl (C=O) groups excluding carboxylic acids is 3. The molecule has 0 rings (SSSR count). The Hall–Kier alpha value is -2.73. The molecule has 0 fully saturated rings. The summed E-state index contributed by atoms with van der Waals surface area (Å²) in [6, 6.07) is -2.30. The molecule has 0 aromatic heterocycles. The third kappa shape index (κ3) is 23.7. The highest BCUT2D eigenvalue weighted by Crippen LogP contribution is 2.14. The molecule has 238 valence electrons. The maximum atomic E-state index is 12.2. The number of aliphatic hydroxyl groups is 2. The Kier molecular flexibility index (Phi) is 23.4. The lowest BCUT2D eigenvalue weighted by Crippen LogP contribution is -2.45. The van der Waals surface area contributed by atoms with Gasteiger partial charge in [0.05, 0.1) is 6.04 Å². The van der Waals surface area contributed by atoms with Crippen LogP contribution in [0.3, 0.4) is 0 Å². The summed E-state index contributed by atoms with van der Waals surface area (Å²) in [5, 5.41) is 44.3. The molecule has 41 heavy (non-hydrogen) atoms. The zero-order valence-electron chi connectivity index (χ0n) is 24.7. The van der Waals surface area contributed by atoms with Crippen LogP contribution >= 0.6 is 0 Å². The van der Waals surface area contributed by atoms with Gasteiger partial charge in [0.1, 0.15) is 6.04 Å². The molecule has 0 spiro atoms. The zero-order chi connectivity index (χ0) is 30.9. The summed E-state index contributed by atoms with van der Waals surface area (Å²) in [7, 11) is 1.43. The molecule has 0 aliphatic rings. The Labute approximate surface area is 244 Å². The van der Waals surface area contributed by atoms with Crippen molar-refractivity contribution in [3.63, 3.8) is 0 Å². The van der Waals surface area contributed by atoms with Crippen LogP contribution in [0.4, 0.5) is 0 Å². The molecular weight excluding hydrogens is 534 g/mol. The van der Waals surface area contributed by atoms with Crippen LogP contribution in [-0.4, -0.2) is 75.5 Å². The third-order valence-corrected chi connectivity index (χ3v) is 7.01. The molecule has 3 amide bonds. The van der Waals surface area contributed by atoms with Crippen molar-refractivity contribution < 1.29 is 44.4 Å². The number of carboxylic acids is 2. The fraction of sp³-hybridized carbons (Fsp3) is 0.828. The van der Waals surface area contributed by atoms with Gasteiger partial charge in [0, 0.05) is 32.7 Å². The molecule has 0 aromatic rings. The van der Waals surface area contributed by atoms with Gasteiger partial charge in [-0.05, 0) is 25.7 Å². The van der Waals surface area contributed by atoms with Crippen molar-refractivity contribution in [1.29, 1.82) is 0 Å². The molecule has 0 saturated carbocycles. The molecule has 0 radical (unpaired) electrons. The van der Waals surface area contributed by atoms with Gasteiger partial charge in [-0.25, -0.2) is 4.79 Å². The first-order chi connectivity index (χ1) is 19.6. The molecule has 0 heterocycles. The number of aliphatic hydroxyl groups excluding tert-OH is 1. The second kappa shape index (κ2) is 25.0. The van der Waals surface area contributed by atoms with E-state index in [9.17, 15) is 39.3 Å². The zero-order valence-corrected chi connectivity index (χ0v) is 24.7. The molecule has 0 aliphatic carbocycles. The van der Waals surface area contributed by atoms with Crippen LogP contribution in [0.25, 0.3) is 0 Å². The van der Waals surface area contributed by atoms with Crippen LogP contribution in [0.15, 0.2) is 0 Å². The number of nitrogens with one attached hydrogen (secondary N) is 3. The predicted molar refractivity (Wildman–Crippen MR) is 154 cm³/mol. The summed E-state index contributed by atoms with van der Waals surface area (Å²) >= 11 is 0. The summed E-state index contributed by atoms with van der Waals surface area (Å²) < 4.78 is 0. The van der Waals surface area contributed by atoms with Gasteiger partial charge in [-0.3, -0.25) is 19.2 Å². The van der Waals surface area contributed by atoms with E-state index in [1.807, 2.05) is 0 Å². The number of amides is 3. The summed E-state index contributed by atoms with van der Waals surface area (Å²) in [5.41, 5.74) is 0. The van der Waals surface area contributed by atoms with Crippen molar-refractivity contribution in [3.8, 4) is 0 Å². The summed E-state index contributed by atoms with van der Waals surface area (Å²) in [5.74, 6) is -3.30. The number of unbranched alkanes of at least 4 members (excludes halogenated alkanes) is 13. The Balaban J connectivity index is 3.91. The molecule has 12 nitrogen and oxygen atoms in total. The topological polar surface area (TPSA) is 202 Å². The van der Waals surface area contributed by atoms with Gasteiger partial charge in [-0.2, -0.15) is 0 Å². The van der Waals surface area contributed by atoms with Crippen LogP contribution in [0.5, 0.6) is 0 Å². The van der Waals surface area contributed by atoms with E-state index in [0.29, 0.717) is 6.42 Å². The van der Waals surface area contributed by atoms with Gasteiger partial charge in [-0.1, -0.05) is 77.0 Å². The van der Waals surface area contributed by atoms with Crippen LogP contribution in [0.2, 0.25) is 0 Å². The molecule has 7 N–H and O–H groups in total. The Morgan fingerprint density at radius 1 is 0.537 bits per heavy atom. The third-order valence-electron chi connectivity index (χ3n) is 7.01. The van der Waals surface area contributed by atoms with E-state index in [0.717, 1.165) is 44.9 Å². The minimum absolute atomic E-state index is 0.0668. The van der Waals surface area contributed by atoms with E-state index in [-0.39, 0.29) is 50.3 Å². The Morgan fingerprint density at radius 3 is 1.37 bits per heavy atom. The smallest absolute Gasteiger partial charge is 0.326 e. The summed E-state index contributed by atoms with van der Waals surface area (Å²) in [4.78, 5) is 57.5. The highest BCUT2D eigenvalue weighted by Gasteiger charge is 2.24. The Morgan fingerprint density at radius 2 is 0.951 bits per heavy atom. The average molecular weight is 588 g/mol. The molecule has 0 saturated heterocycles. The minimum Gasteiger partial charge on any atom is -0.481 e. The van der Waals surface area contributed by atoms with Crippen molar-refractivity contribution in [3.05, 3.63) is 0 Å². The van der Waals surface area contributed by atoms with E-state index in [1.165, 1.54) is 45.6 Å². The second-order valence-electron chi connectivity index (χ2n) is 10.6. The largest absolute Gasteiger partial charge is 0.481 e. The number of hydrogen-bond donors (Lipinski definition) is 7. The second-order valence-corrected chi connectivity index (χ2v) is 10.6. The molecule has 0 aliphatic heterocycles. The van der Waals surface area contributed by atoms with Crippen LogP contribution in [-0.2, 0) is 24.0 Å². The highest BCUT2D eigenvalue weighted by atomic mass is 16.5. The highest BCUT2D eigenvalue weighted by molar-refractivity contribution is 5.84. The fourth-order valence-corrected chi connectivity index (χ4v) is 4.47.